The Morgan fingerprint density at radius 2 is 1.43 bits per heavy atom. The maximum atomic E-state index is 13.5. The number of rotatable bonds is 5. The van der Waals surface area contributed by atoms with Gasteiger partial charge in [-0.1, -0.05) is 93.6 Å². The number of hydrogen-bond donors (Lipinski definition) is 0. The summed E-state index contributed by atoms with van der Waals surface area (Å²) in [6.45, 7) is 6.66. The summed E-state index contributed by atoms with van der Waals surface area (Å²) in [4.78, 5) is 10.0. The summed E-state index contributed by atoms with van der Waals surface area (Å²) in [5, 5.41) is 0.938. The third-order valence-corrected chi connectivity index (χ3v) is 8.06. The van der Waals surface area contributed by atoms with Gasteiger partial charge in [-0.3, -0.25) is 4.99 Å². The highest BCUT2D eigenvalue weighted by Gasteiger charge is 2.15. The largest absolute Gasteiger partial charge is 0.256 e. The first-order valence-electron chi connectivity index (χ1n) is 13.4. The number of benzene rings is 5. The van der Waals surface area contributed by atoms with E-state index in [2.05, 4.69) is 87.5 Å². The predicted octanol–water partition coefficient (Wildman–Crippen LogP) is 10.5. The first-order valence-corrected chi connectivity index (χ1v) is 14.2. The molecule has 0 saturated heterocycles. The molecule has 0 spiro atoms. The first kappa shape index (κ1) is 25.8. The molecule has 0 unspecified atom stereocenters. The number of thiazole rings is 1. The van der Waals surface area contributed by atoms with Crippen LogP contribution in [0.3, 0.4) is 0 Å². The Hall–Kier alpha value is -4.41. The van der Waals surface area contributed by atoms with Crippen LogP contribution in [0.2, 0.25) is 0 Å². The molecule has 6 aromatic rings. The van der Waals surface area contributed by atoms with Gasteiger partial charge in [0.05, 0.1) is 15.9 Å². The third kappa shape index (κ3) is 5.36. The number of aliphatic imine (C=N–C) groups is 1. The second kappa shape index (κ2) is 10.6. The van der Waals surface area contributed by atoms with Gasteiger partial charge in [-0.2, -0.15) is 0 Å². The fraction of sp³-hybridized carbons (Fsp3) is 0.111. The number of para-hydroxylation sites is 2. The van der Waals surface area contributed by atoms with Gasteiger partial charge in [-0.25, -0.2) is 9.37 Å². The molecule has 0 fully saturated rings. The van der Waals surface area contributed by atoms with Crippen LogP contribution in [0.4, 0.5) is 10.1 Å². The molecule has 1 aromatic heterocycles. The zero-order chi connectivity index (χ0) is 27.7. The summed E-state index contributed by atoms with van der Waals surface area (Å²) in [5.41, 5.74) is 9.49. The van der Waals surface area contributed by atoms with Crippen molar-refractivity contribution >= 4 is 33.5 Å². The molecule has 0 aliphatic carbocycles. The van der Waals surface area contributed by atoms with Crippen molar-refractivity contribution in [2.24, 2.45) is 4.99 Å². The minimum Gasteiger partial charge on any atom is -0.256 e. The fourth-order valence-electron chi connectivity index (χ4n) is 4.80. The van der Waals surface area contributed by atoms with Gasteiger partial charge in [-0.05, 0) is 75.7 Å². The van der Waals surface area contributed by atoms with E-state index in [1.165, 1.54) is 17.7 Å². The van der Waals surface area contributed by atoms with E-state index in [9.17, 15) is 4.39 Å². The molecule has 0 N–H and O–H groups in total. The van der Waals surface area contributed by atoms with Crippen molar-refractivity contribution in [3.05, 3.63) is 132 Å². The lowest BCUT2D eigenvalue weighted by Crippen LogP contribution is -2.11. The second-order valence-electron chi connectivity index (χ2n) is 10.9. The molecule has 0 bridgehead atoms. The molecule has 0 saturated carbocycles. The first-order chi connectivity index (χ1) is 19.3. The van der Waals surface area contributed by atoms with E-state index in [1.54, 1.807) is 11.3 Å². The maximum absolute atomic E-state index is 13.5. The molecule has 6 rings (SSSR count). The summed E-state index contributed by atoms with van der Waals surface area (Å²) in [7, 11) is 0. The van der Waals surface area contributed by atoms with Crippen LogP contribution in [0.5, 0.6) is 0 Å². The van der Waals surface area contributed by atoms with E-state index in [0.717, 1.165) is 54.3 Å². The maximum Gasteiger partial charge on any atom is 0.126 e. The van der Waals surface area contributed by atoms with E-state index >= 15 is 0 Å². The summed E-state index contributed by atoms with van der Waals surface area (Å²) >= 11 is 1.68. The molecular weight excluding hydrogens is 511 g/mol. The summed E-state index contributed by atoms with van der Waals surface area (Å²) in [5.74, 6) is -0.234. The van der Waals surface area contributed by atoms with Crippen molar-refractivity contribution in [1.82, 2.24) is 4.98 Å². The number of fused-ring (bicyclic) bond motifs is 1. The predicted molar refractivity (Wildman–Crippen MR) is 168 cm³/mol. The quantitative estimate of drug-likeness (QED) is 0.200. The van der Waals surface area contributed by atoms with Crippen molar-refractivity contribution in [3.8, 4) is 32.8 Å². The van der Waals surface area contributed by atoms with Crippen molar-refractivity contribution in [1.29, 1.82) is 0 Å². The molecular formula is C36H29FN2S. The molecule has 4 heteroatoms. The van der Waals surface area contributed by atoms with E-state index < -0.39 is 0 Å². The monoisotopic (exact) mass is 540 g/mol. The van der Waals surface area contributed by atoms with Crippen LogP contribution in [0, 0.1) is 5.82 Å². The van der Waals surface area contributed by atoms with Gasteiger partial charge in [0, 0.05) is 17.3 Å². The highest BCUT2D eigenvalue weighted by atomic mass is 32.1. The lowest BCUT2D eigenvalue weighted by molar-refractivity contribution is 0.590. The van der Waals surface area contributed by atoms with Gasteiger partial charge < -0.3 is 0 Å². The molecule has 0 aliphatic heterocycles. The highest BCUT2D eigenvalue weighted by Crippen LogP contribution is 2.39. The topological polar surface area (TPSA) is 25.2 Å². The Balaban J connectivity index is 1.37. The molecule has 0 radical (unpaired) electrons. The number of hydrogen-bond acceptors (Lipinski definition) is 3. The van der Waals surface area contributed by atoms with Crippen LogP contribution in [-0.2, 0) is 5.41 Å². The molecule has 0 atom stereocenters. The number of halogens is 1. The Morgan fingerprint density at radius 1 is 0.700 bits per heavy atom. The highest BCUT2D eigenvalue weighted by molar-refractivity contribution is 7.21. The van der Waals surface area contributed by atoms with Gasteiger partial charge in [0.2, 0.25) is 0 Å². The molecule has 0 amide bonds. The van der Waals surface area contributed by atoms with E-state index in [0.29, 0.717) is 0 Å². The van der Waals surface area contributed by atoms with Crippen LogP contribution >= 0.6 is 11.3 Å². The lowest BCUT2D eigenvalue weighted by Gasteiger charge is -2.19. The smallest absolute Gasteiger partial charge is 0.126 e. The molecule has 5 aromatic carbocycles. The van der Waals surface area contributed by atoms with E-state index in [1.807, 2.05) is 42.6 Å². The van der Waals surface area contributed by atoms with Crippen LogP contribution in [-0.4, -0.2) is 11.2 Å². The normalized spacial score (nSPS) is 11.9. The average molecular weight is 541 g/mol. The average Bonchev–Trinajstić information content (AvgIpc) is 3.41. The number of aromatic nitrogens is 1. The molecule has 196 valence electrons. The third-order valence-electron chi connectivity index (χ3n) is 7.01. The van der Waals surface area contributed by atoms with Crippen molar-refractivity contribution in [3.63, 3.8) is 0 Å². The van der Waals surface area contributed by atoms with E-state index in [4.69, 9.17) is 9.98 Å². The van der Waals surface area contributed by atoms with Crippen molar-refractivity contribution in [2.45, 2.75) is 26.2 Å². The Labute approximate surface area is 238 Å². The Kier molecular flexibility index (Phi) is 6.87. The van der Waals surface area contributed by atoms with Crippen molar-refractivity contribution in [2.75, 3.05) is 0 Å². The molecule has 0 aliphatic rings. The summed E-state index contributed by atoms with van der Waals surface area (Å²) in [6, 6.07) is 38.0. The van der Waals surface area contributed by atoms with E-state index in [-0.39, 0.29) is 11.2 Å². The van der Waals surface area contributed by atoms with Gasteiger partial charge in [0.25, 0.3) is 0 Å². The van der Waals surface area contributed by atoms with Gasteiger partial charge in [-0.15, -0.1) is 11.3 Å². The van der Waals surface area contributed by atoms with Crippen LogP contribution < -0.4 is 0 Å². The zero-order valence-corrected chi connectivity index (χ0v) is 23.5. The minimum atomic E-state index is -0.234. The molecule has 40 heavy (non-hydrogen) atoms. The van der Waals surface area contributed by atoms with Gasteiger partial charge >= 0.3 is 0 Å². The van der Waals surface area contributed by atoms with Crippen LogP contribution in [0.1, 0.15) is 31.9 Å². The number of nitrogens with zero attached hydrogens (tertiary/aromatic N) is 2. The zero-order valence-electron chi connectivity index (χ0n) is 22.7. The van der Waals surface area contributed by atoms with Gasteiger partial charge in [0.1, 0.15) is 10.8 Å². The van der Waals surface area contributed by atoms with Crippen LogP contribution in [0.15, 0.2) is 120 Å². The fourth-order valence-corrected chi connectivity index (χ4v) is 5.83. The standard InChI is InChI=1S/C36H29FN2S/c1-36(2,3)28-12-6-9-24(21-28)23-38-32-15-5-4-13-31(32)35-39-34-30(14-8-16-33(34)40-35)27-11-7-10-26(22-27)25-17-19-29(37)20-18-25/h4-23H,1-3H3. The second-order valence-corrected chi connectivity index (χ2v) is 11.9. The lowest BCUT2D eigenvalue weighted by atomic mass is 9.86. The Bertz CT molecular complexity index is 1840. The van der Waals surface area contributed by atoms with Gasteiger partial charge in [0.15, 0.2) is 0 Å². The van der Waals surface area contributed by atoms with Crippen LogP contribution in [0.25, 0.3) is 43.0 Å². The molecule has 2 nitrogen and oxygen atoms in total. The minimum absolute atomic E-state index is 0.0823. The Morgan fingerprint density at radius 3 is 2.25 bits per heavy atom. The summed E-state index contributed by atoms with van der Waals surface area (Å²) in [6.07, 6.45) is 1.94. The SMILES string of the molecule is CC(C)(C)c1cccc(C=Nc2ccccc2-c2nc3c(-c4cccc(-c5ccc(F)cc5)c4)cccc3s2)c1. The summed E-state index contributed by atoms with van der Waals surface area (Å²) < 4.78 is 14.6. The van der Waals surface area contributed by atoms with Crippen molar-refractivity contribution < 1.29 is 4.39 Å². The molecule has 1 heterocycles.